The van der Waals surface area contributed by atoms with E-state index in [9.17, 15) is 13.2 Å². The Hall–Kier alpha value is -2.44. The van der Waals surface area contributed by atoms with Crippen LogP contribution in [-0.4, -0.2) is 30.4 Å². The molecule has 1 aliphatic rings. The quantitative estimate of drug-likeness (QED) is 0.532. The van der Waals surface area contributed by atoms with E-state index >= 15 is 0 Å². The molecule has 1 aromatic heterocycles. The second-order valence-corrected chi connectivity index (χ2v) is 10.3. The van der Waals surface area contributed by atoms with Gasteiger partial charge in [-0.1, -0.05) is 59.6 Å². The number of nitrogens with one attached hydrogen (secondary N) is 1. The smallest absolute Gasteiger partial charge is 0.265 e. The van der Waals surface area contributed by atoms with Gasteiger partial charge in [0.05, 0.1) is 22.5 Å². The van der Waals surface area contributed by atoms with E-state index in [2.05, 4.69) is 26.5 Å². The summed E-state index contributed by atoms with van der Waals surface area (Å²) in [4.78, 5) is 12.3. The van der Waals surface area contributed by atoms with Crippen molar-refractivity contribution in [1.82, 2.24) is 14.5 Å². The van der Waals surface area contributed by atoms with E-state index in [-0.39, 0.29) is 10.6 Å². The molecule has 0 spiro atoms. The molecule has 1 heterocycles. The number of amides is 1. The number of fused-ring (bicyclic) bond motifs is 1. The fraction of sp³-hybridized carbons (Fsp3) is 0.0909. The van der Waals surface area contributed by atoms with Gasteiger partial charge in [0.25, 0.3) is 5.91 Å². The molecule has 3 aromatic rings. The Morgan fingerprint density at radius 3 is 2.72 bits per heavy atom. The van der Waals surface area contributed by atoms with Crippen LogP contribution in [0.15, 0.2) is 60.7 Å². The lowest BCUT2D eigenvalue weighted by atomic mass is 10.0. The van der Waals surface area contributed by atoms with Crippen molar-refractivity contribution in [3.63, 3.8) is 0 Å². The third-order valence-electron chi connectivity index (χ3n) is 4.84. The van der Waals surface area contributed by atoms with Gasteiger partial charge in [-0.05, 0) is 47.1 Å². The first-order valence-electron chi connectivity index (χ1n) is 9.47. The van der Waals surface area contributed by atoms with E-state index in [4.69, 9.17) is 23.2 Å². The highest BCUT2D eigenvalue weighted by Crippen LogP contribution is 2.32. The van der Waals surface area contributed by atoms with E-state index in [1.165, 1.54) is 6.07 Å². The van der Waals surface area contributed by atoms with E-state index in [1.807, 2.05) is 41.1 Å². The van der Waals surface area contributed by atoms with Gasteiger partial charge in [0.15, 0.2) is 5.15 Å². The van der Waals surface area contributed by atoms with Crippen LogP contribution in [0.4, 0.5) is 0 Å². The fourth-order valence-corrected chi connectivity index (χ4v) is 4.69. The molecule has 0 fully saturated rings. The van der Waals surface area contributed by atoms with E-state index in [0.29, 0.717) is 16.1 Å². The monoisotopic (exact) mass is 505 g/mol. The molecule has 4 rings (SSSR count). The highest BCUT2D eigenvalue weighted by atomic mass is 35.5. The number of rotatable bonds is 4. The van der Waals surface area contributed by atoms with Gasteiger partial charge in [0, 0.05) is 10.9 Å². The Labute approximate surface area is 197 Å². The molecule has 10 heteroatoms. The number of hydrogen-bond donors (Lipinski definition) is 1. The van der Waals surface area contributed by atoms with Crippen LogP contribution in [0.3, 0.4) is 0 Å². The van der Waals surface area contributed by atoms with Crippen molar-refractivity contribution in [2.24, 2.45) is 0 Å². The molecule has 0 saturated carbocycles. The van der Waals surface area contributed by atoms with Crippen LogP contribution < -0.4 is 10.0 Å². The molecule has 6 nitrogen and oxygen atoms in total. The van der Waals surface area contributed by atoms with E-state index in [1.54, 1.807) is 10.7 Å². The zero-order valence-electron chi connectivity index (χ0n) is 16.8. The summed E-state index contributed by atoms with van der Waals surface area (Å²) in [6.07, 6.45) is 12.0. The second kappa shape index (κ2) is 8.83. The zero-order chi connectivity index (χ0) is 23.0. The summed E-state index contributed by atoms with van der Waals surface area (Å²) in [7, 11) is -1.29. The minimum Gasteiger partial charge on any atom is -0.268 e. The molecule has 0 bridgehead atoms. The van der Waals surface area contributed by atoms with Crippen molar-refractivity contribution in [2.75, 3.05) is 6.26 Å². The molecular formula is C22H18Cl2N3O3PS. The van der Waals surface area contributed by atoms with Crippen molar-refractivity contribution in [3.8, 4) is 5.69 Å². The van der Waals surface area contributed by atoms with Crippen molar-refractivity contribution < 1.29 is 13.2 Å². The number of carbonyl (C=O) groups excluding carboxylic acids is 1. The van der Waals surface area contributed by atoms with Crippen LogP contribution in [0.1, 0.15) is 22.3 Å². The topological polar surface area (TPSA) is 81.1 Å². The molecule has 1 N–H and O–H groups in total. The SMILES string of the molecule is CS(=O)(=O)NC(=O)c1cc(Cl)c(-n2nc(Cl)c3ccc(C4=CCC=CC=C4)cc32)cc1P. The van der Waals surface area contributed by atoms with Gasteiger partial charge in [-0.3, -0.25) is 4.79 Å². The van der Waals surface area contributed by atoms with Crippen LogP contribution in [0.2, 0.25) is 10.2 Å². The Morgan fingerprint density at radius 2 is 1.97 bits per heavy atom. The highest BCUT2D eigenvalue weighted by molar-refractivity contribution is 7.89. The van der Waals surface area contributed by atoms with Gasteiger partial charge in [-0.15, -0.1) is 9.24 Å². The molecular weight excluding hydrogens is 488 g/mol. The summed E-state index contributed by atoms with van der Waals surface area (Å²) in [6, 6.07) is 8.94. The number of nitrogens with zero attached hydrogens (tertiary/aromatic N) is 2. The van der Waals surface area contributed by atoms with Gasteiger partial charge in [-0.2, -0.15) is 5.10 Å². The number of benzene rings is 2. The third kappa shape index (κ3) is 4.66. The fourth-order valence-electron chi connectivity index (χ4n) is 3.39. The first-order chi connectivity index (χ1) is 15.1. The summed E-state index contributed by atoms with van der Waals surface area (Å²) in [5.41, 5.74) is 3.46. The number of aromatic nitrogens is 2. The number of halogens is 2. The zero-order valence-corrected chi connectivity index (χ0v) is 20.3. The number of hydrogen-bond acceptors (Lipinski definition) is 4. The van der Waals surface area contributed by atoms with Crippen LogP contribution in [0.5, 0.6) is 0 Å². The van der Waals surface area contributed by atoms with Crippen molar-refractivity contribution in [1.29, 1.82) is 0 Å². The molecule has 1 amide bonds. The van der Waals surface area contributed by atoms with Crippen LogP contribution >= 0.6 is 32.4 Å². The highest BCUT2D eigenvalue weighted by Gasteiger charge is 2.19. The lowest BCUT2D eigenvalue weighted by Gasteiger charge is -2.12. The Bertz CT molecular complexity index is 1460. The second-order valence-electron chi connectivity index (χ2n) is 7.21. The molecule has 1 atom stereocenters. The maximum atomic E-state index is 12.3. The minimum atomic E-state index is -3.71. The van der Waals surface area contributed by atoms with Crippen molar-refractivity contribution >= 4 is 70.2 Å². The van der Waals surface area contributed by atoms with Crippen LogP contribution in [0.25, 0.3) is 22.2 Å². The minimum absolute atomic E-state index is 0.124. The van der Waals surface area contributed by atoms with Crippen LogP contribution in [0, 0.1) is 0 Å². The van der Waals surface area contributed by atoms with Gasteiger partial charge >= 0.3 is 0 Å². The van der Waals surface area contributed by atoms with E-state index in [0.717, 1.165) is 34.7 Å². The maximum Gasteiger partial charge on any atom is 0.265 e. The lowest BCUT2D eigenvalue weighted by molar-refractivity contribution is 0.0983. The average Bonchev–Trinajstić information content (AvgIpc) is 2.89. The Balaban J connectivity index is 1.83. The third-order valence-corrected chi connectivity index (χ3v) is 6.45. The molecule has 0 saturated heterocycles. The summed E-state index contributed by atoms with van der Waals surface area (Å²) in [6.45, 7) is 0. The predicted molar refractivity (Wildman–Crippen MR) is 134 cm³/mol. The number of allylic oxidation sites excluding steroid dienone is 6. The summed E-state index contributed by atoms with van der Waals surface area (Å²) >= 11 is 12.9. The number of carbonyl (C=O) groups is 1. The molecule has 0 aliphatic heterocycles. The Morgan fingerprint density at radius 1 is 1.19 bits per heavy atom. The summed E-state index contributed by atoms with van der Waals surface area (Å²) in [5.74, 6) is -0.766. The molecule has 0 radical (unpaired) electrons. The maximum absolute atomic E-state index is 12.3. The summed E-state index contributed by atoms with van der Waals surface area (Å²) in [5, 5.41) is 6.20. The summed E-state index contributed by atoms with van der Waals surface area (Å²) < 4.78 is 26.4. The van der Waals surface area contributed by atoms with Crippen molar-refractivity contribution in [2.45, 2.75) is 6.42 Å². The van der Waals surface area contributed by atoms with E-state index < -0.39 is 15.9 Å². The predicted octanol–water partition coefficient (Wildman–Crippen LogP) is 4.42. The normalized spacial score (nSPS) is 13.8. The molecule has 1 aliphatic carbocycles. The molecule has 164 valence electrons. The van der Waals surface area contributed by atoms with Crippen molar-refractivity contribution in [3.05, 3.63) is 82.0 Å². The molecule has 2 aromatic carbocycles. The number of sulfonamides is 1. The van der Waals surface area contributed by atoms with Gasteiger partial charge in [0.1, 0.15) is 0 Å². The standard InChI is InChI=1S/C22H18Cl2N3O3PS/c1-32(29,30)26-22(28)16-11-17(23)19(12-20(16)31)27-18-10-14(8-9-15(18)21(24)25-27)13-6-4-2-3-5-7-13/h2-4,6-12H,5,31H2,1H3,(H,26,28). The van der Waals surface area contributed by atoms with Gasteiger partial charge in [0.2, 0.25) is 10.0 Å². The first-order valence-corrected chi connectivity index (χ1v) is 12.7. The van der Waals surface area contributed by atoms with Crippen LogP contribution in [-0.2, 0) is 10.0 Å². The van der Waals surface area contributed by atoms with Gasteiger partial charge in [-0.25, -0.2) is 17.8 Å². The first kappa shape index (κ1) is 22.7. The molecule has 1 unspecified atom stereocenters. The van der Waals surface area contributed by atoms with Gasteiger partial charge < -0.3 is 0 Å². The Kier molecular flexibility index (Phi) is 6.28. The molecule has 32 heavy (non-hydrogen) atoms. The lowest BCUT2D eigenvalue weighted by Crippen LogP contribution is -2.31. The largest absolute Gasteiger partial charge is 0.268 e. The average molecular weight is 506 g/mol.